The second kappa shape index (κ2) is 4.30. The van der Waals surface area contributed by atoms with Gasteiger partial charge in [-0.3, -0.25) is 4.79 Å². The largest absolute Gasteiger partial charge is 0.375 e. The van der Waals surface area contributed by atoms with Crippen molar-refractivity contribution in [2.75, 3.05) is 19.5 Å². The van der Waals surface area contributed by atoms with Crippen LogP contribution in [0.5, 0.6) is 0 Å². The van der Waals surface area contributed by atoms with Crippen LogP contribution in [-0.2, 0) is 19.6 Å². The Kier molecular flexibility index (Phi) is 4.06. The number of rotatable bonds is 4. The van der Waals surface area contributed by atoms with Crippen LogP contribution in [0.1, 0.15) is 6.92 Å². The summed E-state index contributed by atoms with van der Waals surface area (Å²) in [5, 5.41) is 0. The number of amides is 1. The Morgan fingerprint density at radius 1 is 1.55 bits per heavy atom. The van der Waals surface area contributed by atoms with Gasteiger partial charge in [-0.25, -0.2) is 8.42 Å². The van der Waals surface area contributed by atoms with Crippen molar-refractivity contribution in [3.8, 4) is 0 Å². The molecule has 0 saturated heterocycles. The van der Waals surface area contributed by atoms with Crippen molar-refractivity contribution in [2.24, 2.45) is 0 Å². The van der Waals surface area contributed by atoms with E-state index in [1.54, 1.807) is 0 Å². The van der Waals surface area contributed by atoms with Gasteiger partial charge in [0.2, 0.25) is 0 Å². The maximum Gasteiger partial charge on any atom is 0.282 e. The predicted molar refractivity (Wildman–Crippen MR) is 38.5 cm³/mol. The molecule has 1 radical (unpaired) electrons. The highest BCUT2D eigenvalue weighted by atomic mass is 32.2. The summed E-state index contributed by atoms with van der Waals surface area (Å²) in [6, 6.07) is 0. The number of sulfonamides is 1. The van der Waals surface area contributed by atoms with Gasteiger partial charge in [-0.1, -0.05) is 0 Å². The third kappa shape index (κ3) is 4.74. The van der Waals surface area contributed by atoms with E-state index in [1.165, 1.54) is 14.0 Å². The summed E-state index contributed by atoms with van der Waals surface area (Å²) in [5.74, 6) is -0.933. The van der Waals surface area contributed by atoms with Gasteiger partial charge >= 0.3 is 0 Å². The van der Waals surface area contributed by atoms with Crippen LogP contribution in [0.15, 0.2) is 0 Å². The highest BCUT2D eigenvalue weighted by molar-refractivity contribution is 7.89. The summed E-state index contributed by atoms with van der Waals surface area (Å²) < 4.78 is 28.6. The van der Waals surface area contributed by atoms with E-state index in [0.29, 0.717) is 0 Å². The fourth-order valence-electron chi connectivity index (χ4n) is 0.370. The maximum absolute atomic E-state index is 10.6. The van der Waals surface area contributed by atoms with E-state index >= 15 is 0 Å². The van der Waals surface area contributed by atoms with Crippen LogP contribution in [0.2, 0.25) is 0 Å². The zero-order valence-corrected chi connectivity index (χ0v) is 7.22. The Balaban J connectivity index is 3.95. The lowest BCUT2D eigenvalue weighted by Crippen LogP contribution is -2.27. The summed E-state index contributed by atoms with van der Waals surface area (Å²) in [6.45, 7) is 1.12. The Morgan fingerprint density at radius 2 is 2.09 bits per heavy atom. The van der Waals surface area contributed by atoms with Gasteiger partial charge in [0, 0.05) is 7.11 Å². The zero-order valence-electron chi connectivity index (χ0n) is 6.40. The first-order valence-corrected chi connectivity index (χ1v) is 4.60. The number of methoxy groups -OCH3 is 1. The Hall–Kier alpha value is -0.620. The van der Waals surface area contributed by atoms with Gasteiger partial charge in [-0.15, -0.1) is 4.72 Å². The van der Waals surface area contributed by atoms with Crippen LogP contribution < -0.4 is 4.72 Å². The Bertz CT molecular complexity index is 221. The molecule has 0 saturated carbocycles. The quantitative estimate of drug-likeness (QED) is 0.562. The van der Waals surface area contributed by atoms with Crippen LogP contribution in [0.3, 0.4) is 0 Å². The third-order valence-corrected chi connectivity index (χ3v) is 2.08. The highest BCUT2D eigenvalue weighted by Gasteiger charge is 2.13. The number of ether oxygens (including phenoxy) is 1. The molecule has 0 spiro atoms. The van der Waals surface area contributed by atoms with Crippen molar-refractivity contribution in [1.82, 2.24) is 4.72 Å². The molecule has 6 heteroatoms. The van der Waals surface area contributed by atoms with E-state index in [9.17, 15) is 13.2 Å². The van der Waals surface area contributed by atoms with Gasteiger partial charge in [-0.2, -0.15) is 0 Å². The smallest absolute Gasteiger partial charge is 0.282 e. The predicted octanol–water partition coefficient (Wildman–Crippen LogP) is -0.886. The molecule has 0 fully saturated rings. The van der Waals surface area contributed by atoms with Crippen molar-refractivity contribution in [2.45, 2.75) is 6.92 Å². The van der Waals surface area contributed by atoms with Gasteiger partial charge < -0.3 is 4.74 Å². The summed E-state index contributed by atoms with van der Waals surface area (Å²) in [7, 11) is -2.25. The summed E-state index contributed by atoms with van der Waals surface area (Å²) in [6.07, 6.45) is 0. The van der Waals surface area contributed by atoms with Crippen molar-refractivity contribution in [1.29, 1.82) is 0 Å². The van der Waals surface area contributed by atoms with Gasteiger partial charge in [-0.05, 0) is 6.92 Å². The van der Waals surface area contributed by atoms with Gasteiger partial charge in [0.25, 0.3) is 15.9 Å². The number of hydrogen-bond acceptors (Lipinski definition) is 4. The van der Waals surface area contributed by atoms with Gasteiger partial charge in [0.15, 0.2) is 0 Å². The molecule has 0 N–H and O–H groups in total. The lowest BCUT2D eigenvalue weighted by atomic mass is 10.7. The van der Waals surface area contributed by atoms with Crippen LogP contribution in [0.4, 0.5) is 0 Å². The molecule has 0 aromatic heterocycles. The summed E-state index contributed by atoms with van der Waals surface area (Å²) in [5.41, 5.74) is 0. The zero-order chi connectivity index (χ0) is 8.91. The molecule has 1 amide bonds. The Morgan fingerprint density at radius 3 is 2.45 bits per heavy atom. The van der Waals surface area contributed by atoms with E-state index in [2.05, 4.69) is 9.46 Å². The van der Waals surface area contributed by atoms with E-state index in [1.807, 2.05) is 0 Å². The number of hydrogen-bond donors (Lipinski definition) is 0. The van der Waals surface area contributed by atoms with E-state index < -0.39 is 15.9 Å². The lowest BCUT2D eigenvalue weighted by Gasteiger charge is -1.98. The van der Waals surface area contributed by atoms with Crippen molar-refractivity contribution < 1.29 is 17.9 Å². The molecule has 0 aliphatic heterocycles. The molecule has 0 aliphatic carbocycles. The normalized spacial score (nSPS) is 11.1. The molecule has 0 atom stereocenters. The molecule has 0 bridgehead atoms. The third-order valence-electron chi connectivity index (χ3n) is 0.874. The average Bonchev–Trinajstić information content (AvgIpc) is 1.87. The van der Waals surface area contributed by atoms with Crippen LogP contribution in [0.25, 0.3) is 0 Å². The monoisotopic (exact) mass is 180 g/mol. The standard InChI is InChI=1S/C5H10NO4S/c1-3-11(8,9)6-5(7)4-10-2/h3-4H2,1-2H3. The second-order valence-corrected chi connectivity index (χ2v) is 3.71. The van der Waals surface area contributed by atoms with Gasteiger partial charge in [0.1, 0.15) is 6.61 Å². The first-order valence-electron chi connectivity index (χ1n) is 2.99. The molecular formula is C5H10NO4S. The molecule has 0 rings (SSSR count). The topological polar surface area (TPSA) is 74.5 Å². The first-order chi connectivity index (χ1) is 5.02. The SMILES string of the molecule is CCS(=O)(=O)[N]C(=O)COC. The lowest BCUT2D eigenvalue weighted by molar-refractivity contribution is -0.123. The van der Waals surface area contributed by atoms with Crippen molar-refractivity contribution >= 4 is 15.9 Å². The molecule has 0 aliphatic rings. The molecule has 11 heavy (non-hydrogen) atoms. The molecule has 0 unspecified atom stereocenters. The minimum Gasteiger partial charge on any atom is -0.375 e. The molecule has 5 nitrogen and oxygen atoms in total. The molecule has 65 valence electrons. The minimum atomic E-state index is -3.55. The number of nitrogens with zero attached hydrogens (tertiary/aromatic N) is 1. The molecule has 0 aromatic rings. The molecule has 0 aromatic carbocycles. The number of carbonyl (C=O) groups excluding carboxylic acids is 1. The summed E-state index contributed by atoms with van der Waals surface area (Å²) in [4.78, 5) is 10.5. The van der Waals surface area contributed by atoms with Crippen LogP contribution in [-0.4, -0.2) is 33.8 Å². The van der Waals surface area contributed by atoms with E-state index in [0.717, 1.165) is 0 Å². The second-order valence-electron chi connectivity index (χ2n) is 1.79. The van der Waals surface area contributed by atoms with Gasteiger partial charge in [0.05, 0.1) is 5.75 Å². The van der Waals surface area contributed by atoms with Crippen molar-refractivity contribution in [3.63, 3.8) is 0 Å². The van der Waals surface area contributed by atoms with Crippen LogP contribution in [0, 0.1) is 0 Å². The van der Waals surface area contributed by atoms with Crippen LogP contribution >= 0.6 is 0 Å². The maximum atomic E-state index is 10.6. The van der Waals surface area contributed by atoms with Crippen molar-refractivity contribution in [3.05, 3.63) is 0 Å². The average molecular weight is 180 g/mol. The highest BCUT2D eigenvalue weighted by Crippen LogP contribution is 1.85. The van der Waals surface area contributed by atoms with E-state index in [-0.39, 0.29) is 12.4 Å². The minimum absolute atomic E-state index is 0.164. The molecule has 0 heterocycles. The summed E-state index contributed by atoms with van der Waals surface area (Å²) >= 11 is 0. The number of carbonyl (C=O) groups is 1. The fraction of sp³-hybridized carbons (Fsp3) is 0.800. The Labute approximate surface area is 65.8 Å². The fourth-order valence-corrected chi connectivity index (χ4v) is 0.862. The van der Waals surface area contributed by atoms with E-state index in [4.69, 9.17) is 0 Å². The molecular weight excluding hydrogens is 170 g/mol. The first kappa shape index (κ1) is 10.4.